The molecule has 2 fully saturated rings. The van der Waals surface area contributed by atoms with Crippen LogP contribution in [0.3, 0.4) is 0 Å². The minimum atomic E-state index is -0.216. The first-order valence-electron chi connectivity index (χ1n) is 9.11. The van der Waals surface area contributed by atoms with Crippen molar-refractivity contribution in [1.29, 1.82) is 0 Å². The third-order valence-corrected chi connectivity index (χ3v) is 4.78. The summed E-state index contributed by atoms with van der Waals surface area (Å²) in [5.41, 5.74) is 0.890. The number of morpholine rings is 1. The number of halogens is 1. The van der Waals surface area contributed by atoms with E-state index in [1.54, 1.807) is 18.3 Å². The molecule has 0 aliphatic carbocycles. The van der Waals surface area contributed by atoms with Gasteiger partial charge in [-0.3, -0.25) is 0 Å². The molecule has 4 rings (SSSR count). The van der Waals surface area contributed by atoms with Gasteiger partial charge in [0, 0.05) is 31.5 Å². The Labute approximate surface area is 152 Å². The molecule has 26 heavy (non-hydrogen) atoms. The first kappa shape index (κ1) is 17.0. The van der Waals surface area contributed by atoms with Gasteiger partial charge in [-0.2, -0.15) is 4.98 Å². The quantitative estimate of drug-likeness (QED) is 0.837. The monoisotopic (exact) mass is 358 g/mol. The Balaban J connectivity index is 1.42. The maximum atomic E-state index is 13.5. The van der Waals surface area contributed by atoms with E-state index in [9.17, 15) is 4.39 Å². The Kier molecular flexibility index (Phi) is 5.15. The van der Waals surface area contributed by atoms with Gasteiger partial charge in [-0.1, -0.05) is 6.07 Å². The van der Waals surface area contributed by atoms with Crippen LogP contribution in [0.15, 0.2) is 36.5 Å². The molecule has 1 aromatic carbocycles. The molecule has 3 heterocycles. The molecule has 0 spiro atoms. The van der Waals surface area contributed by atoms with Crippen molar-refractivity contribution in [2.75, 3.05) is 49.2 Å². The third kappa shape index (κ3) is 4.04. The second kappa shape index (κ2) is 7.86. The molecule has 2 aromatic rings. The van der Waals surface area contributed by atoms with Crippen LogP contribution in [0.5, 0.6) is 6.01 Å². The number of hydrogen-bond acceptors (Lipinski definition) is 6. The average molecular weight is 358 g/mol. The number of aromatic nitrogens is 2. The van der Waals surface area contributed by atoms with E-state index in [1.807, 2.05) is 12.1 Å². The van der Waals surface area contributed by atoms with E-state index in [4.69, 9.17) is 9.47 Å². The lowest BCUT2D eigenvalue weighted by Crippen LogP contribution is -2.41. The summed E-state index contributed by atoms with van der Waals surface area (Å²) in [5, 5.41) is 0. The van der Waals surface area contributed by atoms with Gasteiger partial charge in [-0.05, 0) is 37.1 Å². The molecule has 2 aliphatic heterocycles. The molecule has 2 saturated heterocycles. The summed E-state index contributed by atoms with van der Waals surface area (Å²) in [5.74, 6) is 0.656. The van der Waals surface area contributed by atoms with E-state index in [2.05, 4.69) is 19.8 Å². The van der Waals surface area contributed by atoms with Gasteiger partial charge in [0.2, 0.25) is 0 Å². The Bertz CT molecular complexity index is 739. The largest absolute Gasteiger partial charge is 0.458 e. The second-order valence-corrected chi connectivity index (χ2v) is 6.60. The summed E-state index contributed by atoms with van der Waals surface area (Å²) in [6, 6.07) is 9.01. The van der Waals surface area contributed by atoms with Crippen molar-refractivity contribution in [2.24, 2.45) is 0 Å². The molecule has 1 aromatic heterocycles. The molecule has 0 amide bonds. The fourth-order valence-electron chi connectivity index (χ4n) is 3.45. The standard InChI is InChI=1S/C19H23FN4O2/c20-15-3-1-4-16(13-15)24-8-2-5-17(14-24)26-19-21-7-6-18(22-19)23-9-11-25-12-10-23/h1,3-4,6-7,13,17H,2,5,8-12,14H2. The highest BCUT2D eigenvalue weighted by Crippen LogP contribution is 2.23. The van der Waals surface area contributed by atoms with Crippen LogP contribution in [-0.2, 0) is 4.74 Å². The Hall–Kier alpha value is -2.41. The summed E-state index contributed by atoms with van der Waals surface area (Å²) in [6.45, 7) is 4.68. The average Bonchev–Trinajstić information content (AvgIpc) is 2.69. The van der Waals surface area contributed by atoms with Crippen LogP contribution in [-0.4, -0.2) is 55.5 Å². The second-order valence-electron chi connectivity index (χ2n) is 6.60. The van der Waals surface area contributed by atoms with Crippen LogP contribution >= 0.6 is 0 Å². The number of benzene rings is 1. The number of rotatable bonds is 4. The zero-order valence-electron chi connectivity index (χ0n) is 14.7. The zero-order chi connectivity index (χ0) is 17.8. The highest BCUT2D eigenvalue weighted by Gasteiger charge is 2.23. The van der Waals surface area contributed by atoms with Crippen LogP contribution in [0.1, 0.15) is 12.8 Å². The summed E-state index contributed by atoms with van der Waals surface area (Å²) in [4.78, 5) is 13.2. The van der Waals surface area contributed by atoms with E-state index >= 15 is 0 Å². The van der Waals surface area contributed by atoms with Crippen LogP contribution < -0.4 is 14.5 Å². The van der Waals surface area contributed by atoms with Crippen molar-refractivity contribution in [2.45, 2.75) is 18.9 Å². The smallest absolute Gasteiger partial charge is 0.318 e. The van der Waals surface area contributed by atoms with E-state index < -0.39 is 0 Å². The molecule has 0 N–H and O–H groups in total. The molecular formula is C19H23FN4O2. The van der Waals surface area contributed by atoms with Crippen LogP contribution in [0.2, 0.25) is 0 Å². The lowest BCUT2D eigenvalue weighted by molar-refractivity contribution is 0.122. The first-order chi connectivity index (χ1) is 12.8. The molecular weight excluding hydrogens is 335 g/mol. The fraction of sp³-hybridized carbons (Fsp3) is 0.474. The minimum Gasteiger partial charge on any atom is -0.458 e. The lowest BCUT2D eigenvalue weighted by atomic mass is 10.1. The number of hydrogen-bond donors (Lipinski definition) is 0. The normalized spacial score (nSPS) is 20.9. The van der Waals surface area contributed by atoms with E-state index in [0.717, 1.165) is 44.0 Å². The van der Waals surface area contributed by atoms with Gasteiger partial charge in [-0.15, -0.1) is 0 Å². The number of nitrogens with zero attached hydrogens (tertiary/aromatic N) is 4. The maximum Gasteiger partial charge on any atom is 0.318 e. The highest BCUT2D eigenvalue weighted by atomic mass is 19.1. The summed E-state index contributed by atoms with van der Waals surface area (Å²) in [7, 11) is 0. The van der Waals surface area contributed by atoms with E-state index in [-0.39, 0.29) is 11.9 Å². The molecule has 6 nitrogen and oxygen atoms in total. The maximum absolute atomic E-state index is 13.5. The van der Waals surface area contributed by atoms with Gasteiger partial charge < -0.3 is 19.3 Å². The number of piperidine rings is 1. The van der Waals surface area contributed by atoms with Crippen molar-refractivity contribution >= 4 is 11.5 Å². The molecule has 0 saturated carbocycles. The van der Waals surface area contributed by atoms with Gasteiger partial charge in [0.25, 0.3) is 0 Å². The van der Waals surface area contributed by atoms with Gasteiger partial charge >= 0.3 is 6.01 Å². The Morgan fingerprint density at radius 3 is 2.85 bits per heavy atom. The highest BCUT2D eigenvalue weighted by molar-refractivity contribution is 5.47. The summed E-state index contributed by atoms with van der Waals surface area (Å²) >= 11 is 0. The van der Waals surface area contributed by atoms with Crippen molar-refractivity contribution in [3.63, 3.8) is 0 Å². The van der Waals surface area contributed by atoms with Crippen molar-refractivity contribution in [3.05, 3.63) is 42.3 Å². The molecule has 138 valence electrons. The van der Waals surface area contributed by atoms with E-state index in [0.29, 0.717) is 25.8 Å². The molecule has 2 aliphatic rings. The lowest BCUT2D eigenvalue weighted by Gasteiger charge is -2.34. The van der Waals surface area contributed by atoms with Crippen LogP contribution in [0.25, 0.3) is 0 Å². The fourth-order valence-corrected chi connectivity index (χ4v) is 3.45. The minimum absolute atomic E-state index is 0.00745. The topological polar surface area (TPSA) is 50.7 Å². The van der Waals surface area contributed by atoms with Crippen molar-refractivity contribution < 1.29 is 13.9 Å². The molecule has 7 heteroatoms. The van der Waals surface area contributed by atoms with Gasteiger partial charge in [0.1, 0.15) is 17.7 Å². The van der Waals surface area contributed by atoms with Gasteiger partial charge in [0.05, 0.1) is 19.8 Å². The predicted molar refractivity (Wildman–Crippen MR) is 97.3 cm³/mol. The molecule has 0 bridgehead atoms. The van der Waals surface area contributed by atoms with Gasteiger partial charge in [-0.25, -0.2) is 9.37 Å². The molecule has 1 atom stereocenters. The Morgan fingerprint density at radius 1 is 1.12 bits per heavy atom. The van der Waals surface area contributed by atoms with E-state index in [1.165, 1.54) is 6.07 Å². The first-order valence-corrected chi connectivity index (χ1v) is 9.11. The van der Waals surface area contributed by atoms with Crippen molar-refractivity contribution in [1.82, 2.24) is 9.97 Å². The SMILES string of the molecule is Fc1cccc(N2CCCC(Oc3nccc(N4CCOCC4)n3)C2)c1. The van der Waals surface area contributed by atoms with Gasteiger partial charge in [0.15, 0.2) is 0 Å². The predicted octanol–water partition coefficient (Wildman–Crippen LogP) is 2.50. The molecule has 0 radical (unpaired) electrons. The third-order valence-electron chi connectivity index (χ3n) is 4.78. The van der Waals surface area contributed by atoms with Crippen molar-refractivity contribution in [3.8, 4) is 6.01 Å². The summed E-state index contributed by atoms with van der Waals surface area (Å²) < 4.78 is 24.9. The molecule has 1 unspecified atom stereocenters. The van der Waals surface area contributed by atoms with Crippen LogP contribution in [0.4, 0.5) is 15.9 Å². The Morgan fingerprint density at radius 2 is 2.00 bits per heavy atom. The number of ether oxygens (including phenoxy) is 2. The summed E-state index contributed by atoms with van der Waals surface area (Å²) in [6.07, 6.45) is 3.66. The van der Waals surface area contributed by atoms with Crippen LogP contribution in [0, 0.1) is 5.82 Å². The number of anilines is 2. The zero-order valence-corrected chi connectivity index (χ0v) is 14.7.